The smallest absolute Gasteiger partial charge is 0.189 e. The summed E-state index contributed by atoms with van der Waals surface area (Å²) in [5, 5.41) is 11.8. The molecule has 0 saturated heterocycles. The highest BCUT2D eigenvalue weighted by Crippen LogP contribution is 2.13. The zero-order chi connectivity index (χ0) is 14.0. The summed E-state index contributed by atoms with van der Waals surface area (Å²) >= 11 is 0. The molecule has 1 N–H and O–H groups in total. The number of hydrogen-bond acceptors (Lipinski definition) is 6. The molecule has 0 heterocycles. The molecule has 0 aromatic rings. The van der Waals surface area contributed by atoms with Crippen LogP contribution in [-0.2, 0) is 14.2 Å². The van der Waals surface area contributed by atoms with E-state index in [0.717, 1.165) is 0 Å². The van der Waals surface area contributed by atoms with Gasteiger partial charge in [-0.1, -0.05) is 18.7 Å². The molecule has 0 aliphatic heterocycles. The van der Waals surface area contributed by atoms with E-state index in [4.69, 9.17) is 19.3 Å². The normalized spacial score (nSPS) is 15.3. The van der Waals surface area contributed by atoms with Crippen molar-refractivity contribution < 1.29 is 19.3 Å². The summed E-state index contributed by atoms with van der Waals surface area (Å²) in [5.41, 5.74) is 0. The first kappa shape index (κ1) is 16.6. The minimum atomic E-state index is -0.671. The lowest BCUT2D eigenvalue weighted by Crippen LogP contribution is -2.29. The van der Waals surface area contributed by atoms with Crippen LogP contribution in [0.3, 0.4) is 0 Å². The van der Waals surface area contributed by atoms with Crippen molar-refractivity contribution in [3.8, 4) is 0 Å². The number of nitroso groups, excluding NO2 is 1. The van der Waals surface area contributed by atoms with Crippen molar-refractivity contribution in [2.24, 2.45) is 5.18 Å². The maximum Gasteiger partial charge on any atom is 0.189 e. The van der Waals surface area contributed by atoms with Gasteiger partial charge >= 0.3 is 0 Å². The molecule has 6 nitrogen and oxygen atoms in total. The SMILES string of the molecule is C=C/C(OC)=C(\CC)OCO[C@H](CO)[C@H](C)N=O. The van der Waals surface area contributed by atoms with Crippen LogP contribution in [0, 0.1) is 4.91 Å². The molecule has 0 aromatic heterocycles. The zero-order valence-corrected chi connectivity index (χ0v) is 11.1. The summed E-state index contributed by atoms with van der Waals surface area (Å²) in [7, 11) is 1.52. The van der Waals surface area contributed by atoms with Crippen LogP contribution in [0.15, 0.2) is 29.4 Å². The molecule has 0 radical (unpaired) electrons. The van der Waals surface area contributed by atoms with Gasteiger partial charge in [-0.15, -0.1) is 0 Å². The molecule has 6 heteroatoms. The van der Waals surface area contributed by atoms with Crippen molar-refractivity contribution >= 4 is 0 Å². The first-order chi connectivity index (χ1) is 8.64. The number of aliphatic hydroxyl groups excluding tert-OH is 1. The molecule has 0 aliphatic carbocycles. The fraction of sp³-hybridized carbons (Fsp3) is 0.667. The quantitative estimate of drug-likeness (QED) is 0.281. The predicted octanol–water partition coefficient (Wildman–Crippen LogP) is 1.95. The number of rotatable bonds is 10. The fourth-order valence-corrected chi connectivity index (χ4v) is 1.26. The van der Waals surface area contributed by atoms with Crippen LogP contribution in [-0.4, -0.2) is 37.8 Å². The van der Waals surface area contributed by atoms with Crippen LogP contribution in [0.2, 0.25) is 0 Å². The molecular formula is C12H21NO5. The van der Waals surface area contributed by atoms with E-state index in [-0.39, 0.29) is 13.4 Å². The summed E-state index contributed by atoms with van der Waals surface area (Å²) in [5.74, 6) is 1.12. The number of ether oxygens (including phenoxy) is 3. The van der Waals surface area contributed by atoms with Crippen molar-refractivity contribution in [1.29, 1.82) is 0 Å². The maximum absolute atomic E-state index is 10.3. The second-order valence-electron chi connectivity index (χ2n) is 3.55. The van der Waals surface area contributed by atoms with Gasteiger partial charge in [-0.25, -0.2) is 0 Å². The van der Waals surface area contributed by atoms with Crippen LogP contribution in [0.4, 0.5) is 0 Å². The van der Waals surface area contributed by atoms with Gasteiger partial charge in [0, 0.05) is 6.42 Å². The Bertz CT molecular complexity index is 290. The first-order valence-corrected chi connectivity index (χ1v) is 5.71. The monoisotopic (exact) mass is 259 g/mol. The lowest BCUT2D eigenvalue weighted by molar-refractivity contribution is -0.0911. The highest BCUT2D eigenvalue weighted by molar-refractivity contribution is 5.13. The van der Waals surface area contributed by atoms with Gasteiger partial charge in [-0.05, 0) is 13.0 Å². The van der Waals surface area contributed by atoms with E-state index in [0.29, 0.717) is 17.9 Å². The molecule has 0 rings (SSSR count). The summed E-state index contributed by atoms with van der Waals surface area (Å²) < 4.78 is 15.7. The number of nitrogens with zero attached hydrogens (tertiary/aromatic N) is 1. The molecule has 104 valence electrons. The molecule has 0 aliphatic rings. The maximum atomic E-state index is 10.3. The number of hydrogen-bond donors (Lipinski definition) is 1. The van der Waals surface area contributed by atoms with Crippen LogP contribution in [0.25, 0.3) is 0 Å². The van der Waals surface area contributed by atoms with Crippen molar-refractivity contribution in [3.05, 3.63) is 29.1 Å². The van der Waals surface area contributed by atoms with E-state index >= 15 is 0 Å². The number of methoxy groups -OCH3 is 1. The van der Waals surface area contributed by atoms with Gasteiger partial charge in [0.2, 0.25) is 0 Å². The van der Waals surface area contributed by atoms with Gasteiger partial charge < -0.3 is 19.3 Å². The van der Waals surface area contributed by atoms with Crippen LogP contribution in [0.5, 0.6) is 0 Å². The van der Waals surface area contributed by atoms with Gasteiger partial charge in [-0.3, -0.25) is 0 Å². The Hall–Kier alpha value is -1.40. The largest absolute Gasteiger partial charge is 0.493 e. The van der Waals surface area contributed by atoms with Crippen LogP contribution < -0.4 is 0 Å². The Morgan fingerprint density at radius 2 is 2.22 bits per heavy atom. The van der Waals surface area contributed by atoms with E-state index in [1.54, 1.807) is 6.92 Å². The molecule has 0 fully saturated rings. The van der Waals surface area contributed by atoms with Gasteiger partial charge in [0.05, 0.1) is 13.7 Å². The van der Waals surface area contributed by atoms with Crippen molar-refractivity contribution in [3.63, 3.8) is 0 Å². The Kier molecular flexibility index (Phi) is 8.86. The molecule has 2 atom stereocenters. The summed E-state index contributed by atoms with van der Waals surface area (Å²) in [6.45, 7) is 6.69. The standard InChI is InChI=1S/C12H21NO5/c1-5-10(16-4)11(6-2)17-8-18-12(7-14)9(3)13-15/h5,9,12,14H,1,6-8H2,2-4H3/b11-10-/t9-,12+/m0/s1. The third-order valence-electron chi connectivity index (χ3n) is 2.40. The van der Waals surface area contributed by atoms with Crippen molar-refractivity contribution in [2.75, 3.05) is 20.5 Å². The van der Waals surface area contributed by atoms with Gasteiger partial charge in [0.15, 0.2) is 12.6 Å². The minimum Gasteiger partial charge on any atom is -0.493 e. The topological polar surface area (TPSA) is 77.3 Å². The number of allylic oxidation sites excluding steroid dienone is 2. The number of aliphatic hydroxyl groups is 1. The molecule has 0 bridgehead atoms. The summed E-state index contributed by atoms with van der Waals surface area (Å²) in [6, 6.07) is -0.631. The molecule has 0 unspecified atom stereocenters. The van der Waals surface area contributed by atoms with Gasteiger partial charge in [-0.2, -0.15) is 4.91 Å². The second kappa shape index (κ2) is 9.61. The molecule has 0 saturated carbocycles. The van der Waals surface area contributed by atoms with E-state index < -0.39 is 12.1 Å². The lowest BCUT2D eigenvalue weighted by Gasteiger charge is -2.18. The average molecular weight is 259 g/mol. The Labute approximate surface area is 107 Å². The van der Waals surface area contributed by atoms with Crippen molar-refractivity contribution in [1.82, 2.24) is 0 Å². The molecular weight excluding hydrogens is 238 g/mol. The van der Waals surface area contributed by atoms with Crippen LogP contribution in [0.1, 0.15) is 20.3 Å². The highest BCUT2D eigenvalue weighted by Gasteiger charge is 2.18. The molecule has 18 heavy (non-hydrogen) atoms. The Morgan fingerprint density at radius 1 is 1.56 bits per heavy atom. The Morgan fingerprint density at radius 3 is 2.61 bits per heavy atom. The van der Waals surface area contributed by atoms with Crippen LogP contribution >= 0.6 is 0 Å². The third kappa shape index (κ3) is 5.29. The summed E-state index contributed by atoms with van der Waals surface area (Å²) in [6.07, 6.45) is 1.48. The second-order valence-corrected chi connectivity index (χ2v) is 3.55. The fourth-order valence-electron chi connectivity index (χ4n) is 1.26. The molecule has 0 aromatic carbocycles. The van der Waals surface area contributed by atoms with Gasteiger partial charge in [0.1, 0.15) is 17.9 Å². The van der Waals surface area contributed by atoms with E-state index in [1.165, 1.54) is 13.2 Å². The third-order valence-corrected chi connectivity index (χ3v) is 2.40. The highest BCUT2D eigenvalue weighted by atomic mass is 16.7. The van der Waals surface area contributed by atoms with Crippen molar-refractivity contribution in [2.45, 2.75) is 32.4 Å². The molecule has 0 amide bonds. The lowest BCUT2D eigenvalue weighted by atomic mass is 10.2. The minimum absolute atomic E-state index is 0.0883. The van der Waals surface area contributed by atoms with Gasteiger partial charge in [0.25, 0.3) is 0 Å². The Balaban J connectivity index is 4.34. The van der Waals surface area contributed by atoms with E-state index in [9.17, 15) is 4.91 Å². The molecule has 0 spiro atoms. The predicted molar refractivity (Wildman–Crippen MR) is 67.7 cm³/mol. The first-order valence-electron chi connectivity index (χ1n) is 5.71. The van der Waals surface area contributed by atoms with E-state index in [2.05, 4.69) is 11.8 Å². The van der Waals surface area contributed by atoms with E-state index in [1.807, 2.05) is 6.92 Å². The zero-order valence-electron chi connectivity index (χ0n) is 11.1. The average Bonchev–Trinajstić information content (AvgIpc) is 2.41. The summed E-state index contributed by atoms with van der Waals surface area (Å²) in [4.78, 5) is 10.3.